The third-order valence-electron chi connectivity index (χ3n) is 4.36. The summed E-state index contributed by atoms with van der Waals surface area (Å²) >= 11 is 0. The summed E-state index contributed by atoms with van der Waals surface area (Å²) < 4.78 is 0. The average molecular weight is 248 g/mol. The van der Waals surface area contributed by atoms with E-state index in [1.54, 1.807) is 5.57 Å². The molecule has 0 nitrogen and oxygen atoms in total. The second-order valence-corrected chi connectivity index (χ2v) is 6.10. The van der Waals surface area contributed by atoms with Crippen molar-refractivity contribution >= 4 is 0 Å². The molecule has 1 rings (SSSR count). The highest BCUT2D eigenvalue weighted by Gasteiger charge is 2.15. The van der Waals surface area contributed by atoms with Crippen molar-refractivity contribution in [2.24, 2.45) is 11.8 Å². The van der Waals surface area contributed by atoms with E-state index >= 15 is 0 Å². The van der Waals surface area contributed by atoms with E-state index < -0.39 is 0 Å². The molecule has 0 bridgehead atoms. The van der Waals surface area contributed by atoms with E-state index in [1.165, 1.54) is 64.2 Å². The molecule has 0 radical (unpaired) electrons. The van der Waals surface area contributed by atoms with Crippen LogP contribution in [0.1, 0.15) is 78.1 Å². The first-order valence-corrected chi connectivity index (χ1v) is 8.04. The molecule has 0 N–H and O–H groups in total. The lowest BCUT2D eigenvalue weighted by atomic mass is 9.82. The summed E-state index contributed by atoms with van der Waals surface area (Å²) in [6, 6.07) is 0. The second kappa shape index (κ2) is 9.42. The van der Waals surface area contributed by atoms with Crippen molar-refractivity contribution < 1.29 is 0 Å². The molecule has 18 heavy (non-hydrogen) atoms. The molecule has 0 aromatic carbocycles. The van der Waals surface area contributed by atoms with Crippen molar-refractivity contribution in [3.05, 3.63) is 24.3 Å². The summed E-state index contributed by atoms with van der Waals surface area (Å²) in [4.78, 5) is 0. The van der Waals surface area contributed by atoms with Gasteiger partial charge in [-0.05, 0) is 50.9 Å². The van der Waals surface area contributed by atoms with Gasteiger partial charge in [0.05, 0.1) is 0 Å². The summed E-state index contributed by atoms with van der Waals surface area (Å²) in [5.41, 5.74) is 1.55. The van der Waals surface area contributed by atoms with Crippen LogP contribution in [0.25, 0.3) is 0 Å². The molecule has 0 saturated heterocycles. The van der Waals surface area contributed by atoms with Gasteiger partial charge in [0.2, 0.25) is 0 Å². The van der Waals surface area contributed by atoms with Crippen LogP contribution < -0.4 is 0 Å². The fourth-order valence-corrected chi connectivity index (χ4v) is 3.13. The number of hydrogen-bond acceptors (Lipinski definition) is 0. The summed E-state index contributed by atoms with van der Waals surface area (Å²) in [7, 11) is 0. The van der Waals surface area contributed by atoms with Gasteiger partial charge in [-0.25, -0.2) is 0 Å². The van der Waals surface area contributed by atoms with Crippen LogP contribution in [0.3, 0.4) is 0 Å². The van der Waals surface area contributed by atoms with Crippen LogP contribution in [-0.2, 0) is 0 Å². The van der Waals surface area contributed by atoms with Gasteiger partial charge in [0.15, 0.2) is 0 Å². The van der Waals surface area contributed by atoms with Crippen molar-refractivity contribution in [1.82, 2.24) is 0 Å². The minimum Gasteiger partial charge on any atom is -0.0996 e. The van der Waals surface area contributed by atoms with Gasteiger partial charge >= 0.3 is 0 Å². The van der Waals surface area contributed by atoms with Crippen LogP contribution in [-0.4, -0.2) is 0 Å². The van der Waals surface area contributed by atoms with Crippen LogP contribution in [0.5, 0.6) is 0 Å². The topological polar surface area (TPSA) is 0 Å². The predicted octanol–water partition coefficient (Wildman–Crippen LogP) is 6.29. The quantitative estimate of drug-likeness (QED) is 0.350. The molecule has 104 valence electrons. The molecule has 1 aliphatic carbocycles. The lowest BCUT2D eigenvalue weighted by Gasteiger charge is -2.23. The molecular weight excluding hydrogens is 216 g/mol. The van der Waals surface area contributed by atoms with E-state index in [9.17, 15) is 0 Å². The van der Waals surface area contributed by atoms with Gasteiger partial charge in [0.25, 0.3) is 0 Å². The third kappa shape index (κ3) is 6.42. The molecule has 0 heteroatoms. The molecule has 1 fully saturated rings. The van der Waals surface area contributed by atoms with Gasteiger partial charge in [-0.3, -0.25) is 0 Å². The van der Waals surface area contributed by atoms with Crippen LogP contribution in [0, 0.1) is 11.8 Å². The van der Waals surface area contributed by atoms with E-state index in [1.807, 2.05) is 0 Å². The maximum absolute atomic E-state index is 4.33. The number of unbranched alkanes of at least 4 members (excludes halogenated alkanes) is 2. The Morgan fingerprint density at radius 3 is 2.56 bits per heavy atom. The Hall–Kier alpha value is -0.520. The van der Waals surface area contributed by atoms with E-state index in [4.69, 9.17) is 0 Å². The average Bonchev–Trinajstić information content (AvgIpc) is 2.39. The van der Waals surface area contributed by atoms with E-state index in [2.05, 4.69) is 32.6 Å². The van der Waals surface area contributed by atoms with E-state index in [0.29, 0.717) is 0 Å². The number of rotatable bonds is 8. The van der Waals surface area contributed by atoms with Gasteiger partial charge in [-0.15, -0.1) is 0 Å². The molecule has 0 amide bonds. The standard InChI is InChI=1S/C18H32/c1-4-11-16(2)12-7-5-8-13-17(3)18-14-9-6-10-15-18/h4,11,16,18H,3,5-10,12-15H2,1-2H3/b11-4-. The van der Waals surface area contributed by atoms with Gasteiger partial charge in [-0.1, -0.05) is 63.3 Å². The molecule has 0 spiro atoms. The molecule has 0 aromatic heterocycles. The molecule has 1 atom stereocenters. The molecular formula is C18H32. The summed E-state index contributed by atoms with van der Waals surface area (Å²) in [6.45, 7) is 8.77. The van der Waals surface area contributed by atoms with Gasteiger partial charge in [-0.2, -0.15) is 0 Å². The van der Waals surface area contributed by atoms with Crippen molar-refractivity contribution in [3.63, 3.8) is 0 Å². The molecule has 1 aliphatic rings. The van der Waals surface area contributed by atoms with Gasteiger partial charge < -0.3 is 0 Å². The molecule has 0 aliphatic heterocycles. The Balaban J connectivity index is 2.01. The zero-order valence-electron chi connectivity index (χ0n) is 12.6. The Labute approximate surface area is 115 Å². The fraction of sp³-hybridized carbons (Fsp3) is 0.778. The largest absolute Gasteiger partial charge is 0.0996 e. The first kappa shape index (κ1) is 15.5. The number of allylic oxidation sites excluding steroid dienone is 3. The Morgan fingerprint density at radius 2 is 1.89 bits per heavy atom. The minimum atomic E-state index is 0.761. The SMILES string of the molecule is C=C(CCCCCC(C)/C=C\C)C1CCCCC1. The third-order valence-corrected chi connectivity index (χ3v) is 4.36. The molecule has 0 heterocycles. The zero-order chi connectivity index (χ0) is 13.2. The fourth-order valence-electron chi connectivity index (χ4n) is 3.13. The van der Waals surface area contributed by atoms with Crippen molar-refractivity contribution in [1.29, 1.82) is 0 Å². The predicted molar refractivity (Wildman–Crippen MR) is 82.8 cm³/mol. The molecule has 1 saturated carbocycles. The van der Waals surface area contributed by atoms with Crippen LogP contribution in [0.15, 0.2) is 24.3 Å². The van der Waals surface area contributed by atoms with E-state index in [-0.39, 0.29) is 0 Å². The van der Waals surface area contributed by atoms with Crippen LogP contribution >= 0.6 is 0 Å². The monoisotopic (exact) mass is 248 g/mol. The first-order valence-electron chi connectivity index (χ1n) is 8.04. The second-order valence-electron chi connectivity index (χ2n) is 6.10. The maximum atomic E-state index is 4.33. The minimum absolute atomic E-state index is 0.761. The van der Waals surface area contributed by atoms with Crippen molar-refractivity contribution in [3.8, 4) is 0 Å². The van der Waals surface area contributed by atoms with Gasteiger partial charge in [0.1, 0.15) is 0 Å². The normalized spacial score (nSPS) is 19.2. The smallest absolute Gasteiger partial charge is 0.0206 e. The van der Waals surface area contributed by atoms with Gasteiger partial charge in [0, 0.05) is 0 Å². The summed E-state index contributed by atoms with van der Waals surface area (Å²) in [6.07, 6.45) is 18.4. The summed E-state index contributed by atoms with van der Waals surface area (Å²) in [5, 5.41) is 0. The molecule has 1 unspecified atom stereocenters. The highest BCUT2D eigenvalue weighted by atomic mass is 14.2. The Kier molecular flexibility index (Phi) is 8.13. The Morgan fingerprint density at radius 1 is 1.17 bits per heavy atom. The van der Waals surface area contributed by atoms with E-state index in [0.717, 1.165) is 11.8 Å². The first-order chi connectivity index (χ1) is 8.74. The highest BCUT2D eigenvalue weighted by Crippen LogP contribution is 2.31. The van der Waals surface area contributed by atoms with Crippen LogP contribution in [0.2, 0.25) is 0 Å². The molecule has 0 aromatic rings. The zero-order valence-corrected chi connectivity index (χ0v) is 12.6. The summed E-state index contributed by atoms with van der Waals surface area (Å²) in [5.74, 6) is 1.62. The maximum Gasteiger partial charge on any atom is -0.0206 e. The number of hydrogen-bond donors (Lipinski definition) is 0. The lowest BCUT2D eigenvalue weighted by molar-refractivity contribution is 0.392. The van der Waals surface area contributed by atoms with Crippen molar-refractivity contribution in [2.45, 2.75) is 78.1 Å². The van der Waals surface area contributed by atoms with Crippen molar-refractivity contribution in [2.75, 3.05) is 0 Å². The highest BCUT2D eigenvalue weighted by molar-refractivity contribution is 5.01. The Bertz CT molecular complexity index is 243. The van der Waals surface area contributed by atoms with Crippen LogP contribution in [0.4, 0.5) is 0 Å². The lowest BCUT2D eigenvalue weighted by Crippen LogP contribution is -2.08.